The average Bonchev–Trinajstić information content (AvgIpc) is 3.03. The van der Waals surface area contributed by atoms with Crippen LogP contribution in [0.2, 0.25) is 0 Å². The van der Waals surface area contributed by atoms with Crippen molar-refractivity contribution in [2.75, 3.05) is 26.7 Å². The van der Waals surface area contributed by atoms with Crippen molar-refractivity contribution in [1.82, 2.24) is 9.21 Å². The third kappa shape index (κ3) is 4.32. The van der Waals surface area contributed by atoms with E-state index in [9.17, 15) is 13.2 Å². The van der Waals surface area contributed by atoms with Crippen LogP contribution < -0.4 is 5.73 Å². The van der Waals surface area contributed by atoms with Crippen LogP contribution in [0.5, 0.6) is 0 Å². The van der Waals surface area contributed by atoms with E-state index in [2.05, 4.69) is 0 Å². The molecule has 0 spiro atoms. The highest BCUT2D eigenvalue weighted by atomic mass is 32.2. The molecule has 0 radical (unpaired) electrons. The first kappa shape index (κ1) is 18.4. The molecule has 2 N–H and O–H groups in total. The van der Waals surface area contributed by atoms with Gasteiger partial charge >= 0.3 is 0 Å². The van der Waals surface area contributed by atoms with Crippen molar-refractivity contribution in [3.05, 3.63) is 17.0 Å². The van der Waals surface area contributed by atoms with Crippen LogP contribution in [0, 0.1) is 0 Å². The van der Waals surface area contributed by atoms with Gasteiger partial charge in [-0.2, -0.15) is 4.31 Å². The van der Waals surface area contributed by atoms with Crippen molar-refractivity contribution in [2.45, 2.75) is 42.9 Å². The fraction of sp³-hybridized carbons (Fsp3) is 0.667. The summed E-state index contributed by atoms with van der Waals surface area (Å²) in [5, 5.41) is 0. The van der Waals surface area contributed by atoms with E-state index in [1.54, 1.807) is 28.4 Å². The van der Waals surface area contributed by atoms with Crippen LogP contribution in [0.4, 0.5) is 0 Å². The van der Waals surface area contributed by atoms with E-state index in [1.807, 2.05) is 6.92 Å². The zero-order valence-electron chi connectivity index (χ0n) is 13.7. The number of hydrogen-bond acceptors (Lipinski definition) is 5. The number of carbonyl (C=O) groups is 1. The van der Waals surface area contributed by atoms with Crippen LogP contribution in [0.15, 0.2) is 16.3 Å². The maximum absolute atomic E-state index is 12.6. The fourth-order valence-corrected chi connectivity index (χ4v) is 5.52. The molecule has 0 aromatic carbocycles. The molecule has 23 heavy (non-hydrogen) atoms. The molecule has 0 bridgehead atoms. The van der Waals surface area contributed by atoms with Gasteiger partial charge in [0.1, 0.15) is 4.21 Å². The first-order valence-electron chi connectivity index (χ1n) is 7.91. The van der Waals surface area contributed by atoms with E-state index < -0.39 is 10.0 Å². The normalized spacial score (nSPS) is 17.9. The van der Waals surface area contributed by atoms with Gasteiger partial charge < -0.3 is 10.6 Å². The summed E-state index contributed by atoms with van der Waals surface area (Å²) in [6, 6.07) is 3.32. The second-order valence-corrected chi connectivity index (χ2v) is 9.28. The summed E-state index contributed by atoms with van der Waals surface area (Å²) in [6.07, 6.45) is 3.12. The molecule has 1 atom stereocenters. The number of sulfonamides is 1. The topological polar surface area (TPSA) is 83.7 Å². The number of amides is 1. The minimum atomic E-state index is -3.41. The van der Waals surface area contributed by atoms with Gasteiger partial charge in [-0.25, -0.2) is 8.42 Å². The van der Waals surface area contributed by atoms with Gasteiger partial charge in [0.25, 0.3) is 10.0 Å². The van der Waals surface area contributed by atoms with E-state index in [0.717, 1.165) is 24.1 Å². The highest BCUT2D eigenvalue weighted by molar-refractivity contribution is 7.91. The molecule has 1 saturated heterocycles. The molecular weight excluding hydrogens is 334 g/mol. The third-order valence-corrected chi connectivity index (χ3v) is 7.72. The standard InChI is InChI=1S/C15H25N3O3S2/c1-12(11-16)17(2)14(19)10-13-6-7-15(22-13)23(20,21)18-8-4-3-5-9-18/h6-7,12H,3-5,8-11,16H2,1-2H3. The number of hydrogen-bond donors (Lipinski definition) is 1. The summed E-state index contributed by atoms with van der Waals surface area (Å²) >= 11 is 1.19. The molecule has 0 saturated carbocycles. The Morgan fingerprint density at radius 1 is 1.35 bits per heavy atom. The molecule has 1 fully saturated rings. The van der Waals surface area contributed by atoms with Gasteiger partial charge in [0.2, 0.25) is 5.91 Å². The lowest BCUT2D eigenvalue weighted by Crippen LogP contribution is -2.40. The summed E-state index contributed by atoms with van der Waals surface area (Å²) < 4.78 is 27.1. The molecule has 0 aliphatic carbocycles. The van der Waals surface area contributed by atoms with Gasteiger partial charge in [-0.05, 0) is 31.9 Å². The number of nitrogens with two attached hydrogens (primary N) is 1. The molecule has 1 amide bonds. The zero-order valence-corrected chi connectivity index (χ0v) is 15.3. The second kappa shape index (κ2) is 7.74. The predicted molar refractivity (Wildman–Crippen MR) is 91.9 cm³/mol. The Bertz CT molecular complexity index is 636. The lowest BCUT2D eigenvalue weighted by Gasteiger charge is -2.25. The van der Waals surface area contributed by atoms with Crippen LogP contribution in [-0.4, -0.2) is 56.3 Å². The molecule has 1 aliphatic heterocycles. The van der Waals surface area contributed by atoms with Crippen molar-refractivity contribution in [1.29, 1.82) is 0 Å². The van der Waals surface area contributed by atoms with E-state index >= 15 is 0 Å². The van der Waals surface area contributed by atoms with Gasteiger partial charge in [0.05, 0.1) is 6.42 Å². The summed E-state index contributed by atoms with van der Waals surface area (Å²) in [5.74, 6) is -0.0493. The third-order valence-electron chi connectivity index (χ3n) is 4.27. The molecule has 2 rings (SSSR count). The smallest absolute Gasteiger partial charge is 0.252 e. The average molecular weight is 360 g/mol. The maximum Gasteiger partial charge on any atom is 0.252 e. The van der Waals surface area contributed by atoms with Crippen LogP contribution in [0.3, 0.4) is 0 Å². The summed E-state index contributed by atoms with van der Waals surface area (Å²) in [4.78, 5) is 14.6. The summed E-state index contributed by atoms with van der Waals surface area (Å²) in [5.41, 5.74) is 5.57. The second-order valence-electron chi connectivity index (χ2n) is 5.95. The number of piperidine rings is 1. The molecule has 6 nitrogen and oxygen atoms in total. The summed E-state index contributed by atoms with van der Waals surface area (Å²) in [7, 11) is -1.69. The SMILES string of the molecule is CC(CN)N(C)C(=O)Cc1ccc(S(=O)(=O)N2CCCCC2)s1. The Labute approximate surface area is 142 Å². The van der Waals surface area contributed by atoms with E-state index in [0.29, 0.717) is 23.8 Å². The molecule has 1 aromatic rings. The number of thiophene rings is 1. The zero-order chi connectivity index (χ0) is 17.0. The van der Waals surface area contributed by atoms with Crippen LogP contribution in [0.1, 0.15) is 31.1 Å². The van der Waals surface area contributed by atoms with Gasteiger partial charge in [-0.1, -0.05) is 6.42 Å². The minimum Gasteiger partial charge on any atom is -0.341 e. The van der Waals surface area contributed by atoms with Crippen LogP contribution in [-0.2, 0) is 21.2 Å². The van der Waals surface area contributed by atoms with Gasteiger partial charge in [0, 0.05) is 37.6 Å². The molecule has 1 unspecified atom stereocenters. The maximum atomic E-state index is 12.6. The number of rotatable bonds is 6. The first-order valence-corrected chi connectivity index (χ1v) is 10.2. The number of nitrogens with zero attached hydrogens (tertiary/aromatic N) is 2. The molecule has 2 heterocycles. The minimum absolute atomic E-state index is 0.0287. The lowest BCUT2D eigenvalue weighted by atomic mass is 10.2. The Morgan fingerprint density at radius 2 is 2.00 bits per heavy atom. The highest BCUT2D eigenvalue weighted by Gasteiger charge is 2.27. The van der Waals surface area contributed by atoms with Crippen LogP contribution >= 0.6 is 11.3 Å². The first-order chi connectivity index (χ1) is 10.9. The van der Waals surface area contributed by atoms with Crippen molar-refractivity contribution in [3.63, 3.8) is 0 Å². The van der Waals surface area contributed by atoms with Crippen molar-refractivity contribution < 1.29 is 13.2 Å². The monoisotopic (exact) mass is 359 g/mol. The lowest BCUT2D eigenvalue weighted by molar-refractivity contribution is -0.130. The van der Waals surface area contributed by atoms with E-state index in [4.69, 9.17) is 5.73 Å². The Morgan fingerprint density at radius 3 is 2.61 bits per heavy atom. The summed E-state index contributed by atoms with van der Waals surface area (Å²) in [6.45, 7) is 3.47. The molecule has 8 heteroatoms. The molecular formula is C15H25N3O3S2. The number of likely N-dealkylation sites (N-methyl/N-ethyl adjacent to an activating group) is 1. The Balaban J connectivity index is 2.07. The van der Waals surface area contributed by atoms with Crippen molar-refractivity contribution in [2.24, 2.45) is 5.73 Å². The Kier molecular flexibility index (Phi) is 6.19. The van der Waals surface area contributed by atoms with Gasteiger partial charge in [-0.15, -0.1) is 11.3 Å². The van der Waals surface area contributed by atoms with Crippen LogP contribution in [0.25, 0.3) is 0 Å². The van der Waals surface area contributed by atoms with Crippen molar-refractivity contribution >= 4 is 27.3 Å². The fourth-order valence-electron chi connectivity index (χ4n) is 2.50. The van der Waals surface area contributed by atoms with Gasteiger partial charge in [-0.3, -0.25) is 4.79 Å². The van der Waals surface area contributed by atoms with Crippen molar-refractivity contribution in [3.8, 4) is 0 Å². The van der Waals surface area contributed by atoms with E-state index in [-0.39, 0.29) is 18.4 Å². The quantitative estimate of drug-likeness (QED) is 0.829. The largest absolute Gasteiger partial charge is 0.341 e. The van der Waals surface area contributed by atoms with Gasteiger partial charge in [0.15, 0.2) is 0 Å². The molecule has 1 aromatic heterocycles. The molecule has 130 valence electrons. The number of carbonyl (C=O) groups excluding carboxylic acids is 1. The predicted octanol–water partition coefficient (Wildman–Crippen LogP) is 1.27. The van der Waals surface area contributed by atoms with E-state index in [1.165, 1.54) is 11.3 Å². The highest BCUT2D eigenvalue weighted by Crippen LogP contribution is 2.27. The molecule has 1 aliphatic rings. The Hall–Kier alpha value is -0.960.